The average Bonchev–Trinajstić information content (AvgIpc) is 3.30. The zero-order valence-electron chi connectivity index (χ0n) is 18.6. The highest BCUT2D eigenvalue weighted by atomic mass is 19.4. The fourth-order valence-electron chi connectivity index (χ4n) is 4.53. The lowest BCUT2D eigenvalue weighted by Crippen LogP contribution is -2.55. The summed E-state index contributed by atoms with van der Waals surface area (Å²) in [4.78, 5) is 36.4. The number of aromatic carboxylic acids is 1. The maximum atomic E-state index is 13.0. The highest BCUT2D eigenvalue weighted by molar-refractivity contribution is 6.04. The minimum atomic E-state index is -5.03. The van der Waals surface area contributed by atoms with Gasteiger partial charge >= 0.3 is 12.3 Å². The Kier molecular flexibility index (Phi) is 6.24. The highest BCUT2D eigenvalue weighted by Crippen LogP contribution is 2.40. The molecule has 0 spiro atoms. The van der Waals surface area contributed by atoms with Gasteiger partial charge in [-0.1, -0.05) is 19.8 Å². The number of aromatic nitrogens is 2. The van der Waals surface area contributed by atoms with Gasteiger partial charge in [0.05, 0.1) is 17.4 Å². The first-order valence-corrected chi connectivity index (χ1v) is 10.9. The maximum absolute atomic E-state index is 13.0. The zero-order valence-corrected chi connectivity index (χ0v) is 18.6. The monoisotopic (exact) mass is 479 g/mol. The Balaban J connectivity index is 1.73. The summed E-state index contributed by atoms with van der Waals surface area (Å²) in [6, 6.07) is 2.81. The number of nitrogens with zero attached hydrogens (tertiary/aromatic N) is 4. The van der Waals surface area contributed by atoms with Crippen molar-refractivity contribution in [3.63, 3.8) is 0 Å². The Bertz CT molecular complexity index is 1100. The summed E-state index contributed by atoms with van der Waals surface area (Å²) in [5.41, 5.74) is -0.00314. The first-order chi connectivity index (χ1) is 16.1. The summed E-state index contributed by atoms with van der Waals surface area (Å²) >= 11 is 0. The second-order valence-corrected chi connectivity index (χ2v) is 8.26. The Hall–Kier alpha value is -3.57. The zero-order chi connectivity index (χ0) is 24.6. The first kappa shape index (κ1) is 23.6. The van der Waals surface area contributed by atoms with Crippen LogP contribution in [-0.4, -0.2) is 52.4 Å². The normalized spacial score (nSPS) is 18.7. The molecular formula is C22H24F3N5O4. The van der Waals surface area contributed by atoms with Crippen molar-refractivity contribution < 1.29 is 32.6 Å². The SMILES string of the molecule is CC[C@@H]1C(=O)N(C)c2cnc(Nc3ccc(C(=O)O)cc3OC(F)(F)F)nc2N1C1CCCC1. The molecule has 2 N–H and O–H groups in total. The summed E-state index contributed by atoms with van der Waals surface area (Å²) in [7, 11) is 1.65. The number of ether oxygens (including phenoxy) is 1. The maximum Gasteiger partial charge on any atom is 0.573 e. The van der Waals surface area contributed by atoms with Gasteiger partial charge in [0.15, 0.2) is 11.6 Å². The fourth-order valence-corrected chi connectivity index (χ4v) is 4.53. The van der Waals surface area contributed by atoms with E-state index in [0.29, 0.717) is 17.9 Å². The van der Waals surface area contributed by atoms with Crippen molar-refractivity contribution in [1.82, 2.24) is 9.97 Å². The van der Waals surface area contributed by atoms with E-state index in [4.69, 9.17) is 5.11 Å². The quantitative estimate of drug-likeness (QED) is 0.631. The summed E-state index contributed by atoms with van der Waals surface area (Å²) in [5, 5.41) is 11.8. The summed E-state index contributed by atoms with van der Waals surface area (Å²) in [6.45, 7) is 1.93. The molecule has 0 radical (unpaired) electrons. The molecule has 182 valence electrons. The molecule has 34 heavy (non-hydrogen) atoms. The number of carboxylic acids is 1. The van der Waals surface area contributed by atoms with Crippen molar-refractivity contribution in [2.45, 2.75) is 57.5 Å². The number of halogens is 3. The Morgan fingerprint density at radius 2 is 2.00 bits per heavy atom. The minimum absolute atomic E-state index is 0.00514. The lowest BCUT2D eigenvalue weighted by molar-refractivity contribution is -0.274. The number of fused-ring (bicyclic) bond motifs is 1. The largest absolute Gasteiger partial charge is 0.573 e. The number of nitrogens with one attached hydrogen (secondary N) is 1. The third-order valence-electron chi connectivity index (χ3n) is 6.11. The lowest BCUT2D eigenvalue weighted by atomic mass is 10.0. The third-order valence-corrected chi connectivity index (χ3v) is 6.11. The molecule has 1 aromatic carbocycles. The number of rotatable bonds is 6. The van der Waals surface area contributed by atoms with E-state index in [9.17, 15) is 22.8 Å². The van der Waals surface area contributed by atoms with Crippen molar-refractivity contribution in [3.05, 3.63) is 30.0 Å². The van der Waals surface area contributed by atoms with Gasteiger partial charge in [0.2, 0.25) is 11.9 Å². The Morgan fingerprint density at radius 1 is 1.29 bits per heavy atom. The number of carbonyl (C=O) groups excluding carboxylic acids is 1. The molecule has 2 heterocycles. The number of likely N-dealkylation sites (N-methyl/N-ethyl adjacent to an activating group) is 1. The number of hydrogen-bond acceptors (Lipinski definition) is 7. The number of benzene rings is 1. The average molecular weight is 479 g/mol. The van der Waals surface area contributed by atoms with Crippen molar-refractivity contribution in [2.75, 3.05) is 22.2 Å². The second-order valence-electron chi connectivity index (χ2n) is 8.26. The Morgan fingerprint density at radius 3 is 2.62 bits per heavy atom. The molecule has 0 bridgehead atoms. The smallest absolute Gasteiger partial charge is 0.478 e. The molecule has 1 amide bonds. The van der Waals surface area contributed by atoms with Crippen LogP contribution in [0.2, 0.25) is 0 Å². The van der Waals surface area contributed by atoms with E-state index in [-0.39, 0.29) is 29.1 Å². The van der Waals surface area contributed by atoms with Crippen LogP contribution in [0.5, 0.6) is 5.75 Å². The standard InChI is InChI=1S/C22H24F3N5O4/c1-3-15-19(31)29(2)16-11-26-21(28-18(16)30(15)13-6-4-5-7-13)27-14-9-8-12(20(32)33)10-17(14)34-22(23,24)25/h8-11,13,15H,3-7H2,1-2H3,(H,32,33)(H,26,27,28)/t15-/m1/s1. The predicted octanol–water partition coefficient (Wildman–Crippen LogP) is 4.32. The van der Waals surface area contributed by atoms with Crippen LogP contribution in [0.15, 0.2) is 24.4 Å². The topological polar surface area (TPSA) is 108 Å². The molecule has 1 fully saturated rings. The van der Waals surface area contributed by atoms with Crippen molar-refractivity contribution in [3.8, 4) is 5.75 Å². The van der Waals surface area contributed by atoms with Gasteiger partial charge in [0, 0.05) is 13.1 Å². The molecule has 1 aliphatic heterocycles. The third kappa shape index (κ3) is 4.57. The van der Waals surface area contributed by atoms with E-state index >= 15 is 0 Å². The number of hydrogen-bond donors (Lipinski definition) is 2. The van der Waals surface area contributed by atoms with E-state index < -0.39 is 24.1 Å². The van der Waals surface area contributed by atoms with Crippen LogP contribution in [0.1, 0.15) is 49.4 Å². The van der Waals surface area contributed by atoms with Crippen LogP contribution in [-0.2, 0) is 4.79 Å². The lowest BCUT2D eigenvalue weighted by Gasteiger charge is -2.43. The van der Waals surface area contributed by atoms with Crippen LogP contribution in [0.25, 0.3) is 0 Å². The van der Waals surface area contributed by atoms with E-state index in [0.717, 1.165) is 43.9 Å². The number of carbonyl (C=O) groups is 2. The number of alkyl halides is 3. The summed E-state index contributed by atoms with van der Waals surface area (Å²) in [6.07, 6.45) is 0.918. The van der Waals surface area contributed by atoms with Gasteiger partial charge in [-0.05, 0) is 37.5 Å². The van der Waals surface area contributed by atoms with Gasteiger partial charge in [0.25, 0.3) is 0 Å². The molecule has 1 aromatic heterocycles. The van der Waals surface area contributed by atoms with Crippen LogP contribution in [0, 0.1) is 0 Å². The van der Waals surface area contributed by atoms with Crippen molar-refractivity contribution >= 4 is 35.0 Å². The van der Waals surface area contributed by atoms with Crippen LogP contribution in [0.3, 0.4) is 0 Å². The van der Waals surface area contributed by atoms with E-state index in [1.54, 1.807) is 7.05 Å². The van der Waals surface area contributed by atoms with Crippen molar-refractivity contribution in [2.24, 2.45) is 0 Å². The summed E-state index contributed by atoms with van der Waals surface area (Å²) in [5.74, 6) is -1.65. The molecule has 2 aliphatic rings. The highest BCUT2D eigenvalue weighted by Gasteiger charge is 2.41. The fraction of sp³-hybridized carbons (Fsp3) is 0.455. The van der Waals surface area contributed by atoms with E-state index in [2.05, 4.69) is 20.0 Å². The second kappa shape index (κ2) is 8.99. The molecule has 9 nitrogen and oxygen atoms in total. The number of amides is 1. The van der Waals surface area contributed by atoms with Crippen LogP contribution < -0.4 is 19.9 Å². The molecule has 0 unspecified atom stereocenters. The molecule has 1 saturated carbocycles. The van der Waals surface area contributed by atoms with Crippen LogP contribution >= 0.6 is 0 Å². The van der Waals surface area contributed by atoms with E-state index in [1.807, 2.05) is 11.8 Å². The molecule has 2 aromatic rings. The van der Waals surface area contributed by atoms with Gasteiger partial charge in [-0.3, -0.25) is 4.79 Å². The van der Waals surface area contributed by atoms with Crippen LogP contribution in [0.4, 0.5) is 36.3 Å². The molecule has 4 rings (SSSR count). The van der Waals surface area contributed by atoms with Crippen molar-refractivity contribution in [1.29, 1.82) is 0 Å². The van der Waals surface area contributed by atoms with E-state index in [1.165, 1.54) is 11.1 Å². The van der Waals surface area contributed by atoms with Gasteiger partial charge in [-0.15, -0.1) is 13.2 Å². The van der Waals surface area contributed by atoms with Gasteiger partial charge in [-0.25, -0.2) is 9.78 Å². The summed E-state index contributed by atoms with van der Waals surface area (Å²) < 4.78 is 42.8. The minimum Gasteiger partial charge on any atom is -0.478 e. The first-order valence-electron chi connectivity index (χ1n) is 10.9. The number of anilines is 4. The molecular weight excluding hydrogens is 455 g/mol. The molecule has 1 aliphatic carbocycles. The van der Waals surface area contributed by atoms with Gasteiger partial charge in [0.1, 0.15) is 11.7 Å². The van der Waals surface area contributed by atoms with Gasteiger partial charge in [-0.2, -0.15) is 4.98 Å². The Labute approximate surface area is 193 Å². The molecule has 1 atom stereocenters. The molecule has 0 saturated heterocycles. The predicted molar refractivity (Wildman–Crippen MR) is 118 cm³/mol. The number of carboxylic acid groups (broad SMARTS) is 1. The van der Waals surface area contributed by atoms with Gasteiger partial charge < -0.3 is 25.0 Å². The molecule has 12 heteroatoms.